The number of pyridine rings is 2. The Hall–Kier alpha value is -2.99. The highest BCUT2D eigenvalue weighted by Crippen LogP contribution is 2.20. The Bertz CT molecular complexity index is 1040. The van der Waals surface area contributed by atoms with Crippen molar-refractivity contribution in [3.63, 3.8) is 0 Å². The summed E-state index contributed by atoms with van der Waals surface area (Å²) < 4.78 is 2.08. The Kier molecular flexibility index (Phi) is 4.18. The SMILES string of the molecule is c1cc(CN2CCCC2)cc(Cc2cn3cc(-c4cn[nH]c4)ccc3n2)n1. The van der Waals surface area contributed by atoms with Gasteiger partial charge in [0.25, 0.3) is 0 Å². The highest BCUT2D eigenvalue weighted by Gasteiger charge is 2.12. The van der Waals surface area contributed by atoms with Gasteiger partial charge in [-0.3, -0.25) is 15.0 Å². The van der Waals surface area contributed by atoms with Crippen LogP contribution in [-0.2, 0) is 13.0 Å². The van der Waals surface area contributed by atoms with Gasteiger partial charge in [0, 0.05) is 54.6 Å². The van der Waals surface area contributed by atoms with Gasteiger partial charge in [0.05, 0.1) is 11.9 Å². The summed E-state index contributed by atoms with van der Waals surface area (Å²) in [5.41, 5.74) is 6.59. The van der Waals surface area contributed by atoms with E-state index in [-0.39, 0.29) is 0 Å². The minimum Gasteiger partial charge on any atom is -0.306 e. The second kappa shape index (κ2) is 6.96. The quantitative estimate of drug-likeness (QED) is 0.595. The molecule has 0 spiro atoms. The number of nitrogens with zero attached hydrogens (tertiary/aromatic N) is 5. The molecule has 1 N–H and O–H groups in total. The molecule has 27 heavy (non-hydrogen) atoms. The van der Waals surface area contributed by atoms with Crippen LogP contribution in [-0.4, -0.2) is 42.6 Å². The first kappa shape index (κ1) is 16.2. The van der Waals surface area contributed by atoms with E-state index in [9.17, 15) is 0 Å². The summed E-state index contributed by atoms with van der Waals surface area (Å²) in [5.74, 6) is 0. The molecule has 1 aliphatic heterocycles. The summed E-state index contributed by atoms with van der Waals surface area (Å²) in [7, 11) is 0. The van der Waals surface area contributed by atoms with Gasteiger partial charge in [-0.05, 0) is 55.8 Å². The number of hydrogen-bond donors (Lipinski definition) is 1. The Morgan fingerprint density at radius 1 is 1.00 bits per heavy atom. The molecule has 0 radical (unpaired) electrons. The molecule has 5 heterocycles. The summed E-state index contributed by atoms with van der Waals surface area (Å²) >= 11 is 0. The Balaban J connectivity index is 1.36. The number of nitrogens with one attached hydrogen (secondary N) is 1. The number of hydrogen-bond acceptors (Lipinski definition) is 4. The van der Waals surface area contributed by atoms with Crippen LogP contribution in [0.2, 0.25) is 0 Å². The van der Waals surface area contributed by atoms with Gasteiger partial charge >= 0.3 is 0 Å². The molecule has 0 unspecified atom stereocenters. The predicted octanol–water partition coefficient (Wildman–Crippen LogP) is 3.31. The molecule has 0 atom stereocenters. The van der Waals surface area contributed by atoms with Gasteiger partial charge in [-0.2, -0.15) is 5.10 Å². The third-order valence-electron chi connectivity index (χ3n) is 5.18. The van der Waals surface area contributed by atoms with Crippen molar-refractivity contribution in [1.29, 1.82) is 0 Å². The van der Waals surface area contributed by atoms with Gasteiger partial charge in [-0.25, -0.2) is 4.98 Å². The number of fused-ring (bicyclic) bond motifs is 1. The van der Waals surface area contributed by atoms with Crippen LogP contribution in [0.1, 0.15) is 29.8 Å². The van der Waals surface area contributed by atoms with E-state index in [0.29, 0.717) is 0 Å². The number of imidazole rings is 1. The van der Waals surface area contributed by atoms with Crippen molar-refractivity contribution in [3.05, 3.63) is 72.2 Å². The number of H-pyrrole nitrogens is 1. The summed E-state index contributed by atoms with van der Waals surface area (Å²) in [5, 5.41) is 6.88. The van der Waals surface area contributed by atoms with Gasteiger partial charge in [0.1, 0.15) is 5.65 Å². The zero-order valence-corrected chi connectivity index (χ0v) is 15.2. The number of aromatic nitrogens is 5. The van der Waals surface area contributed by atoms with Crippen LogP contribution in [0.3, 0.4) is 0 Å². The molecule has 6 nitrogen and oxygen atoms in total. The van der Waals surface area contributed by atoms with Crippen LogP contribution < -0.4 is 0 Å². The molecule has 0 bridgehead atoms. The van der Waals surface area contributed by atoms with E-state index in [4.69, 9.17) is 4.98 Å². The lowest BCUT2D eigenvalue weighted by molar-refractivity contribution is 0.331. The molecular formula is C21H22N6. The van der Waals surface area contributed by atoms with E-state index in [2.05, 4.69) is 55.1 Å². The fourth-order valence-corrected chi connectivity index (χ4v) is 3.82. The van der Waals surface area contributed by atoms with Crippen molar-refractivity contribution >= 4 is 5.65 Å². The summed E-state index contributed by atoms with van der Waals surface area (Å²) in [6.07, 6.45) is 13.2. The maximum absolute atomic E-state index is 4.75. The topological polar surface area (TPSA) is 62.1 Å². The molecule has 4 aromatic rings. The summed E-state index contributed by atoms with van der Waals surface area (Å²) in [4.78, 5) is 11.8. The van der Waals surface area contributed by atoms with Crippen molar-refractivity contribution in [2.75, 3.05) is 13.1 Å². The summed E-state index contributed by atoms with van der Waals surface area (Å²) in [6.45, 7) is 3.45. The molecule has 5 rings (SSSR count). The molecule has 0 saturated carbocycles. The second-order valence-electron chi connectivity index (χ2n) is 7.22. The largest absolute Gasteiger partial charge is 0.306 e. The van der Waals surface area contributed by atoms with E-state index in [1.165, 1.54) is 31.5 Å². The molecule has 1 saturated heterocycles. The van der Waals surface area contributed by atoms with E-state index in [0.717, 1.165) is 41.1 Å². The smallest absolute Gasteiger partial charge is 0.137 e. The predicted molar refractivity (Wildman–Crippen MR) is 104 cm³/mol. The third-order valence-corrected chi connectivity index (χ3v) is 5.18. The average Bonchev–Trinajstić information content (AvgIpc) is 3.43. The minimum absolute atomic E-state index is 0.747. The van der Waals surface area contributed by atoms with Crippen LogP contribution in [0.25, 0.3) is 16.8 Å². The number of aromatic amines is 1. The zero-order chi connectivity index (χ0) is 18.1. The van der Waals surface area contributed by atoms with E-state index < -0.39 is 0 Å². The molecule has 1 aliphatic rings. The van der Waals surface area contributed by atoms with E-state index >= 15 is 0 Å². The van der Waals surface area contributed by atoms with Crippen molar-refractivity contribution in [2.45, 2.75) is 25.8 Å². The lowest BCUT2D eigenvalue weighted by Crippen LogP contribution is -2.18. The molecular weight excluding hydrogens is 336 g/mol. The highest BCUT2D eigenvalue weighted by atomic mass is 15.1. The molecule has 0 aromatic carbocycles. The fraction of sp³-hybridized carbons (Fsp3) is 0.286. The normalized spacial score (nSPS) is 15.0. The third kappa shape index (κ3) is 3.48. The van der Waals surface area contributed by atoms with Gasteiger partial charge in [-0.15, -0.1) is 0 Å². The lowest BCUT2D eigenvalue weighted by Gasteiger charge is -2.14. The fourth-order valence-electron chi connectivity index (χ4n) is 3.82. The van der Waals surface area contributed by atoms with Crippen LogP contribution in [0.15, 0.2) is 55.2 Å². The molecule has 0 aliphatic carbocycles. The van der Waals surface area contributed by atoms with E-state index in [1.54, 1.807) is 0 Å². The molecule has 4 aromatic heterocycles. The van der Waals surface area contributed by atoms with Crippen molar-refractivity contribution < 1.29 is 0 Å². The lowest BCUT2D eigenvalue weighted by atomic mass is 10.1. The highest BCUT2D eigenvalue weighted by molar-refractivity contribution is 5.63. The van der Waals surface area contributed by atoms with Crippen LogP contribution in [0.4, 0.5) is 0 Å². The average molecular weight is 358 g/mol. The standard InChI is InChI=1S/C21H22N6/c1-2-8-26(7-1)13-16-5-6-22-19(9-16)10-20-15-27-14-17(3-4-21(27)25-20)18-11-23-24-12-18/h3-6,9,11-12,14-15H,1-2,7-8,10,13H2,(H,23,24). The zero-order valence-electron chi connectivity index (χ0n) is 15.2. The summed E-state index contributed by atoms with van der Waals surface area (Å²) in [6, 6.07) is 8.47. The minimum atomic E-state index is 0.747. The Morgan fingerprint density at radius 3 is 2.78 bits per heavy atom. The molecule has 6 heteroatoms. The van der Waals surface area contributed by atoms with Crippen LogP contribution in [0, 0.1) is 0 Å². The maximum Gasteiger partial charge on any atom is 0.137 e. The maximum atomic E-state index is 4.75. The first-order chi connectivity index (χ1) is 13.3. The monoisotopic (exact) mass is 358 g/mol. The molecule has 0 amide bonds. The van der Waals surface area contributed by atoms with Crippen molar-refractivity contribution in [3.8, 4) is 11.1 Å². The number of likely N-dealkylation sites (tertiary alicyclic amines) is 1. The first-order valence-corrected chi connectivity index (χ1v) is 9.46. The van der Waals surface area contributed by atoms with Gasteiger partial charge < -0.3 is 4.40 Å². The van der Waals surface area contributed by atoms with Crippen LogP contribution >= 0.6 is 0 Å². The Morgan fingerprint density at radius 2 is 1.93 bits per heavy atom. The van der Waals surface area contributed by atoms with Gasteiger partial charge in [-0.1, -0.05) is 0 Å². The van der Waals surface area contributed by atoms with Crippen LogP contribution in [0.5, 0.6) is 0 Å². The molecule has 136 valence electrons. The van der Waals surface area contributed by atoms with Crippen molar-refractivity contribution in [1.82, 2.24) is 29.5 Å². The molecule has 1 fully saturated rings. The van der Waals surface area contributed by atoms with E-state index in [1.807, 2.05) is 24.7 Å². The first-order valence-electron chi connectivity index (χ1n) is 9.46. The van der Waals surface area contributed by atoms with Gasteiger partial charge in [0.2, 0.25) is 0 Å². The Labute approximate surface area is 157 Å². The van der Waals surface area contributed by atoms with Gasteiger partial charge in [0.15, 0.2) is 0 Å². The number of rotatable bonds is 5. The van der Waals surface area contributed by atoms with Crippen molar-refractivity contribution in [2.24, 2.45) is 0 Å². The second-order valence-corrected chi connectivity index (χ2v) is 7.22.